The maximum Gasteiger partial charge on any atom is 0.288 e. The van der Waals surface area contributed by atoms with E-state index in [2.05, 4.69) is 4.98 Å². The summed E-state index contributed by atoms with van der Waals surface area (Å²) in [6.45, 7) is 0. The van der Waals surface area contributed by atoms with Gasteiger partial charge in [-0.2, -0.15) is 0 Å². The summed E-state index contributed by atoms with van der Waals surface area (Å²) in [4.78, 5) is 14.2. The van der Waals surface area contributed by atoms with Gasteiger partial charge < -0.3 is 5.11 Å². The van der Waals surface area contributed by atoms with Gasteiger partial charge in [0.25, 0.3) is 5.69 Å². The summed E-state index contributed by atoms with van der Waals surface area (Å²) in [7, 11) is 0. The molecule has 2 aromatic rings. The molecule has 1 aromatic carbocycles. The Labute approximate surface area is 108 Å². The number of benzene rings is 1. The fraction of sp³-hybridized carbons (Fsp3) is 0.0833. The lowest BCUT2D eigenvalue weighted by molar-refractivity contribution is -0.384. The van der Waals surface area contributed by atoms with E-state index in [1.54, 1.807) is 24.4 Å². The predicted molar refractivity (Wildman–Crippen MR) is 66.4 cm³/mol. The SMILES string of the molecule is O=[N+]([O-])c1cc(C(O)c2ccccn2)ccc1Cl. The number of pyridine rings is 1. The Morgan fingerprint density at radius 1 is 1.33 bits per heavy atom. The minimum atomic E-state index is -1.01. The van der Waals surface area contributed by atoms with Crippen molar-refractivity contribution in [2.45, 2.75) is 6.10 Å². The van der Waals surface area contributed by atoms with Gasteiger partial charge >= 0.3 is 0 Å². The van der Waals surface area contributed by atoms with E-state index in [1.807, 2.05) is 0 Å². The standard InChI is InChI=1S/C12H9ClN2O3/c13-9-5-4-8(7-11(9)15(17)18)12(16)10-3-1-2-6-14-10/h1-7,12,16H. The van der Waals surface area contributed by atoms with Gasteiger partial charge in [0.1, 0.15) is 11.1 Å². The molecule has 1 aromatic heterocycles. The average Bonchev–Trinajstić information content (AvgIpc) is 2.39. The van der Waals surface area contributed by atoms with Crippen LogP contribution in [0, 0.1) is 10.1 Å². The smallest absolute Gasteiger partial charge is 0.288 e. The maximum atomic E-state index is 10.8. The van der Waals surface area contributed by atoms with Crippen molar-refractivity contribution in [2.75, 3.05) is 0 Å². The van der Waals surface area contributed by atoms with Gasteiger partial charge in [0.2, 0.25) is 0 Å². The molecule has 1 unspecified atom stereocenters. The van der Waals surface area contributed by atoms with Crippen molar-refractivity contribution in [1.82, 2.24) is 4.98 Å². The first-order chi connectivity index (χ1) is 8.59. The second kappa shape index (κ2) is 5.12. The summed E-state index contributed by atoms with van der Waals surface area (Å²) in [6.07, 6.45) is 0.533. The van der Waals surface area contributed by atoms with Crippen molar-refractivity contribution < 1.29 is 10.0 Å². The number of aromatic nitrogens is 1. The number of hydrogen-bond acceptors (Lipinski definition) is 4. The number of aliphatic hydroxyl groups is 1. The lowest BCUT2D eigenvalue weighted by Crippen LogP contribution is -2.02. The molecule has 0 fully saturated rings. The lowest BCUT2D eigenvalue weighted by atomic mass is 10.1. The topological polar surface area (TPSA) is 76.3 Å². The van der Waals surface area contributed by atoms with Crippen LogP contribution in [0.25, 0.3) is 0 Å². The second-order valence-electron chi connectivity index (χ2n) is 3.63. The van der Waals surface area contributed by atoms with Crippen LogP contribution in [0.3, 0.4) is 0 Å². The summed E-state index contributed by atoms with van der Waals surface area (Å²) in [6, 6.07) is 9.28. The highest BCUT2D eigenvalue weighted by Gasteiger charge is 2.18. The summed E-state index contributed by atoms with van der Waals surface area (Å²) in [5, 5.41) is 20.9. The Balaban J connectivity index is 2.40. The summed E-state index contributed by atoms with van der Waals surface area (Å²) < 4.78 is 0. The van der Waals surface area contributed by atoms with Crippen LogP contribution < -0.4 is 0 Å². The molecule has 1 heterocycles. The van der Waals surface area contributed by atoms with Crippen LogP contribution in [0.15, 0.2) is 42.6 Å². The second-order valence-corrected chi connectivity index (χ2v) is 4.03. The van der Waals surface area contributed by atoms with Gasteiger partial charge in [-0.05, 0) is 23.8 Å². The summed E-state index contributed by atoms with van der Waals surface area (Å²) in [5.41, 5.74) is 0.572. The third-order valence-electron chi connectivity index (χ3n) is 2.45. The van der Waals surface area contributed by atoms with E-state index < -0.39 is 11.0 Å². The van der Waals surface area contributed by atoms with Gasteiger partial charge in [-0.25, -0.2) is 0 Å². The monoisotopic (exact) mass is 264 g/mol. The predicted octanol–water partition coefficient (Wildman–Crippen LogP) is 2.72. The number of nitrogens with zero attached hydrogens (tertiary/aromatic N) is 2. The first-order valence-corrected chi connectivity index (χ1v) is 5.50. The van der Waals surface area contributed by atoms with E-state index in [-0.39, 0.29) is 10.7 Å². The van der Waals surface area contributed by atoms with Gasteiger partial charge in [0.05, 0.1) is 10.6 Å². The maximum absolute atomic E-state index is 10.8. The van der Waals surface area contributed by atoms with Crippen molar-refractivity contribution in [3.8, 4) is 0 Å². The van der Waals surface area contributed by atoms with Crippen LogP contribution in [0.4, 0.5) is 5.69 Å². The highest BCUT2D eigenvalue weighted by Crippen LogP contribution is 2.29. The Bertz CT molecular complexity index is 575. The number of aliphatic hydroxyl groups excluding tert-OH is 1. The molecule has 1 N–H and O–H groups in total. The molecule has 0 saturated heterocycles. The Morgan fingerprint density at radius 3 is 2.72 bits per heavy atom. The molecule has 0 radical (unpaired) electrons. The molecule has 0 aliphatic rings. The molecule has 0 aliphatic heterocycles. The van der Waals surface area contributed by atoms with Crippen LogP contribution >= 0.6 is 11.6 Å². The largest absolute Gasteiger partial charge is 0.382 e. The normalized spacial score (nSPS) is 12.1. The van der Waals surface area contributed by atoms with Gasteiger partial charge in [0.15, 0.2) is 0 Å². The molecule has 0 bridgehead atoms. The van der Waals surface area contributed by atoms with Crippen LogP contribution in [-0.4, -0.2) is 15.0 Å². The summed E-state index contributed by atoms with van der Waals surface area (Å²) >= 11 is 5.70. The third-order valence-corrected chi connectivity index (χ3v) is 2.77. The van der Waals surface area contributed by atoms with E-state index >= 15 is 0 Å². The zero-order chi connectivity index (χ0) is 13.1. The number of nitro benzene ring substituents is 1. The number of hydrogen-bond donors (Lipinski definition) is 1. The van der Waals surface area contributed by atoms with E-state index in [0.29, 0.717) is 11.3 Å². The first-order valence-electron chi connectivity index (χ1n) is 5.12. The van der Waals surface area contributed by atoms with E-state index in [0.717, 1.165) is 0 Å². The fourth-order valence-electron chi connectivity index (χ4n) is 1.55. The highest BCUT2D eigenvalue weighted by molar-refractivity contribution is 6.32. The van der Waals surface area contributed by atoms with Gasteiger partial charge in [0, 0.05) is 12.3 Å². The Hall–Kier alpha value is -1.98. The molecule has 92 valence electrons. The molecule has 5 nitrogen and oxygen atoms in total. The van der Waals surface area contributed by atoms with Crippen LogP contribution in [-0.2, 0) is 0 Å². The average molecular weight is 265 g/mol. The van der Waals surface area contributed by atoms with Crippen molar-refractivity contribution in [3.63, 3.8) is 0 Å². The van der Waals surface area contributed by atoms with E-state index in [4.69, 9.17) is 11.6 Å². The molecule has 0 aliphatic carbocycles. The van der Waals surface area contributed by atoms with Crippen LogP contribution in [0.2, 0.25) is 5.02 Å². The molecule has 0 spiro atoms. The van der Waals surface area contributed by atoms with Crippen LogP contribution in [0.1, 0.15) is 17.4 Å². The third kappa shape index (κ3) is 2.47. The minimum absolute atomic E-state index is 0.0389. The molecule has 18 heavy (non-hydrogen) atoms. The van der Waals surface area contributed by atoms with Crippen molar-refractivity contribution >= 4 is 17.3 Å². The van der Waals surface area contributed by atoms with Gasteiger partial charge in [-0.1, -0.05) is 23.7 Å². The first kappa shape index (κ1) is 12.5. The molecule has 1 atom stereocenters. The van der Waals surface area contributed by atoms with Crippen molar-refractivity contribution in [1.29, 1.82) is 0 Å². The summed E-state index contributed by atoms with van der Waals surface area (Å²) in [5.74, 6) is 0. The highest BCUT2D eigenvalue weighted by atomic mass is 35.5. The van der Waals surface area contributed by atoms with Crippen molar-refractivity contribution in [3.05, 3.63) is 69.0 Å². The zero-order valence-corrected chi connectivity index (χ0v) is 9.91. The zero-order valence-electron chi connectivity index (χ0n) is 9.15. The Morgan fingerprint density at radius 2 is 2.11 bits per heavy atom. The van der Waals surface area contributed by atoms with Crippen molar-refractivity contribution in [2.24, 2.45) is 0 Å². The van der Waals surface area contributed by atoms with Crippen LogP contribution in [0.5, 0.6) is 0 Å². The lowest BCUT2D eigenvalue weighted by Gasteiger charge is -2.10. The molecule has 2 rings (SSSR count). The fourth-order valence-corrected chi connectivity index (χ4v) is 1.73. The number of halogens is 1. The molecule has 6 heteroatoms. The van der Waals surface area contributed by atoms with E-state index in [9.17, 15) is 15.2 Å². The Kier molecular flexibility index (Phi) is 3.55. The molecule has 0 amide bonds. The molecular formula is C12H9ClN2O3. The van der Waals surface area contributed by atoms with E-state index in [1.165, 1.54) is 18.2 Å². The molecule has 0 saturated carbocycles. The van der Waals surface area contributed by atoms with Gasteiger partial charge in [-0.15, -0.1) is 0 Å². The van der Waals surface area contributed by atoms with Gasteiger partial charge in [-0.3, -0.25) is 15.1 Å². The number of nitro groups is 1. The number of rotatable bonds is 3. The molecular weight excluding hydrogens is 256 g/mol. The minimum Gasteiger partial charge on any atom is -0.382 e. The quantitative estimate of drug-likeness (QED) is 0.683.